The molecule has 1 aliphatic heterocycles. The van der Waals surface area contributed by atoms with Crippen molar-refractivity contribution in [2.24, 2.45) is 0 Å². The molecule has 1 fully saturated rings. The molecular formula is C25H31ClN4O3. The van der Waals surface area contributed by atoms with Gasteiger partial charge in [0, 0.05) is 61.6 Å². The van der Waals surface area contributed by atoms with E-state index in [1.807, 2.05) is 42.5 Å². The fraction of sp³-hybridized carbons (Fsp3) is 0.400. The molecule has 0 N–H and O–H groups in total. The molecule has 0 aliphatic carbocycles. The zero-order valence-corrected chi connectivity index (χ0v) is 20.2. The quantitative estimate of drug-likeness (QED) is 0.463. The summed E-state index contributed by atoms with van der Waals surface area (Å²) in [6.07, 6.45) is 0. The number of hydrogen-bond acceptors (Lipinski definition) is 7. The van der Waals surface area contributed by atoms with E-state index in [2.05, 4.69) is 33.0 Å². The first-order valence-corrected chi connectivity index (χ1v) is 11.5. The summed E-state index contributed by atoms with van der Waals surface area (Å²) in [4.78, 5) is 7.16. The number of rotatable bonds is 9. The lowest BCUT2D eigenvalue weighted by Gasteiger charge is -2.36. The Morgan fingerprint density at radius 2 is 1.82 bits per heavy atom. The van der Waals surface area contributed by atoms with Gasteiger partial charge in [0.2, 0.25) is 0 Å². The van der Waals surface area contributed by atoms with Crippen LogP contribution in [-0.2, 0) is 6.54 Å². The number of nitrogens with zero attached hydrogens (tertiary/aromatic N) is 4. The van der Waals surface area contributed by atoms with Crippen LogP contribution < -0.4 is 14.4 Å². The fourth-order valence-electron chi connectivity index (χ4n) is 4.16. The van der Waals surface area contributed by atoms with Gasteiger partial charge in [-0.3, -0.25) is 9.80 Å². The second-order valence-electron chi connectivity index (χ2n) is 8.27. The van der Waals surface area contributed by atoms with Gasteiger partial charge in [0.25, 0.3) is 0 Å². The molecule has 0 spiro atoms. The van der Waals surface area contributed by atoms with E-state index in [9.17, 15) is 0 Å². The van der Waals surface area contributed by atoms with E-state index >= 15 is 0 Å². The predicted molar refractivity (Wildman–Crippen MR) is 131 cm³/mol. The van der Waals surface area contributed by atoms with Crippen LogP contribution in [0.5, 0.6) is 11.5 Å². The zero-order chi connectivity index (χ0) is 23.2. The second kappa shape index (κ2) is 10.9. The van der Waals surface area contributed by atoms with Crippen LogP contribution >= 0.6 is 11.6 Å². The van der Waals surface area contributed by atoms with E-state index in [1.165, 1.54) is 5.69 Å². The van der Waals surface area contributed by atoms with Crippen molar-refractivity contribution in [3.63, 3.8) is 0 Å². The summed E-state index contributed by atoms with van der Waals surface area (Å²) in [7, 11) is 5.36. The average Bonchev–Trinajstić information content (AvgIpc) is 3.30. The maximum atomic E-state index is 6.14. The first-order valence-electron chi connectivity index (χ1n) is 11.2. The smallest absolute Gasteiger partial charge is 0.170 e. The topological polar surface area (TPSA) is 54.2 Å². The SMILES string of the molecule is COc1cccc(-c2cc(CN(C)CCN3CCN(c4cccc(Cl)c4)CC3)on2)c1OC. The molecule has 0 bridgehead atoms. The largest absolute Gasteiger partial charge is 0.493 e. The minimum atomic E-state index is 0.658. The highest BCUT2D eigenvalue weighted by Crippen LogP contribution is 2.37. The van der Waals surface area contributed by atoms with E-state index in [-0.39, 0.29) is 0 Å². The Morgan fingerprint density at radius 3 is 2.55 bits per heavy atom. The molecule has 1 saturated heterocycles. The van der Waals surface area contributed by atoms with Crippen molar-refractivity contribution < 1.29 is 14.0 Å². The van der Waals surface area contributed by atoms with Crippen molar-refractivity contribution in [1.82, 2.24) is 15.0 Å². The van der Waals surface area contributed by atoms with E-state index in [4.69, 9.17) is 25.6 Å². The van der Waals surface area contributed by atoms with Gasteiger partial charge in [-0.15, -0.1) is 0 Å². The normalized spacial score (nSPS) is 14.6. The van der Waals surface area contributed by atoms with E-state index < -0.39 is 0 Å². The van der Waals surface area contributed by atoms with Crippen molar-refractivity contribution in [2.75, 3.05) is 65.4 Å². The van der Waals surface area contributed by atoms with Crippen LogP contribution in [0.2, 0.25) is 5.02 Å². The van der Waals surface area contributed by atoms with E-state index in [0.29, 0.717) is 18.0 Å². The lowest BCUT2D eigenvalue weighted by atomic mass is 10.1. The van der Waals surface area contributed by atoms with Crippen LogP contribution in [0.25, 0.3) is 11.3 Å². The lowest BCUT2D eigenvalue weighted by molar-refractivity contribution is 0.202. The van der Waals surface area contributed by atoms with Crippen LogP contribution in [0.15, 0.2) is 53.1 Å². The van der Waals surface area contributed by atoms with Gasteiger partial charge >= 0.3 is 0 Å². The minimum Gasteiger partial charge on any atom is -0.493 e. The molecule has 4 rings (SSSR count). The zero-order valence-electron chi connectivity index (χ0n) is 19.5. The molecule has 33 heavy (non-hydrogen) atoms. The Hall–Kier alpha value is -2.74. The third-order valence-electron chi connectivity index (χ3n) is 6.01. The van der Waals surface area contributed by atoms with Crippen LogP contribution in [0.4, 0.5) is 5.69 Å². The maximum Gasteiger partial charge on any atom is 0.170 e. The highest BCUT2D eigenvalue weighted by molar-refractivity contribution is 6.30. The maximum absolute atomic E-state index is 6.14. The van der Waals surface area contributed by atoms with Crippen LogP contribution in [0.1, 0.15) is 5.76 Å². The Morgan fingerprint density at radius 1 is 1.03 bits per heavy atom. The van der Waals surface area contributed by atoms with Crippen molar-refractivity contribution in [1.29, 1.82) is 0 Å². The Kier molecular flexibility index (Phi) is 7.75. The van der Waals surface area contributed by atoms with Gasteiger partial charge in [-0.1, -0.05) is 28.9 Å². The standard InChI is InChI=1S/C25H31ClN4O3/c1-28(10-11-29-12-14-30(15-13-29)20-7-4-6-19(26)16-20)18-21-17-23(27-33-21)22-8-5-9-24(31-2)25(22)32-3/h4-9,16-17H,10-15,18H2,1-3H3. The molecule has 176 valence electrons. The van der Waals surface area contributed by atoms with Gasteiger partial charge in [-0.2, -0.15) is 0 Å². The summed E-state index contributed by atoms with van der Waals surface area (Å²) in [6.45, 7) is 6.78. The lowest BCUT2D eigenvalue weighted by Crippen LogP contribution is -2.48. The third kappa shape index (κ3) is 5.79. The monoisotopic (exact) mass is 470 g/mol. The molecule has 0 atom stereocenters. The number of aromatic nitrogens is 1. The molecule has 0 amide bonds. The van der Waals surface area contributed by atoms with Gasteiger partial charge in [0.15, 0.2) is 17.3 Å². The molecular weight excluding hydrogens is 440 g/mol. The van der Waals surface area contributed by atoms with Gasteiger partial charge in [0.1, 0.15) is 5.69 Å². The van der Waals surface area contributed by atoms with Crippen molar-refractivity contribution >= 4 is 17.3 Å². The number of benzene rings is 2. The molecule has 3 aromatic rings. The summed E-state index contributed by atoms with van der Waals surface area (Å²) in [5.74, 6) is 2.15. The summed E-state index contributed by atoms with van der Waals surface area (Å²) < 4.78 is 16.5. The number of piperazine rings is 1. The van der Waals surface area contributed by atoms with E-state index in [0.717, 1.165) is 61.3 Å². The Balaban J connectivity index is 1.27. The molecule has 2 aromatic carbocycles. The molecule has 1 aromatic heterocycles. The average molecular weight is 471 g/mol. The van der Waals surface area contributed by atoms with E-state index in [1.54, 1.807) is 14.2 Å². The molecule has 7 nitrogen and oxygen atoms in total. The Labute approximate surface area is 200 Å². The summed E-state index contributed by atoms with van der Waals surface area (Å²) in [5.41, 5.74) is 2.80. The number of ether oxygens (including phenoxy) is 2. The van der Waals surface area contributed by atoms with Gasteiger partial charge in [-0.05, 0) is 37.4 Å². The number of anilines is 1. The van der Waals surface area contributed by atoms with Gasteiger partial charge in [0.05, 0.1) is 20.8 Å². The van der Waals surface area contributed by atoms with Crippen molar-refractivity contribution in [2.45, 2.75) is 6.54 Å². The molecule has 1 aliphatic rings. The second-order valence-corrected chi connectivity index (χ2v) is 8.70. The van der Waals surface area contributed by atoms with Crippen molar-refractivity contribution in [3.8, 4) is 22.8 Å². The van der Waals surface area contributed by atoms with Crippen molar-refractivity contribution in [3.05, 3.63) is 59.3 Å². The Bertz CT molecular complexity index is 1050. The first-order chi connectivity index (χ1) is 16.1. The number of methoxy groups -OCH3 is 2. The van der Waals surface area contributed by atoms with Gasteiger partial charge < -0.3 is 18.9 Å². The highest BCUT2D eigenvalue weighted by Gasteiger charge is 2.19. The molecule has 0 unspecified atom stereocenters. The predicted octanol–water partition coefficient (Wildman–Crippen LogP) is 4.27. The summed E-state index contributed by atoms with van der Waals surface area (Å²) >= 11 is 6.14. The molecule has 8 heteroatoms. The third-order valence-corrected chi connectivity index (χ3v) is 6.24. The number of para-hydroxylation sites is 1. The first kappa shape index (κ1) is 23.4. The van der Waals surface area contributed by atoms with Crippen LogP contribution in [-0.4, -0.2) is 75.5 Å². The number of halogens is 1. The number of hydrogen-bond donors (Lipinski definition) is 0. The van der Waals surface area contributed by atoms with Crippen LogP contribution in [0, 0.1) is 0 Å². The molecule has 0 radical (unpaired) electrons. The van der Waals surface area contributed by atoms with Crippen LogP contribution in [0.3, 0.4) is 0 Å². The molecule has 2 heterocycles. The minimum absolute atomic E-state index is 0.658. The number of likely N-dealkylation sites (N-methyl/N-ethyl adjacent to an activating group) is 1. The summed E-state index contributed by atoms with van der Waals surface area (Å²) in [6, 6.07) is 15.8. The fourth-order valence-corrected chi connectivity index (χ4v) is 4.35. The summed E-state index contributed by atoms with van der Waals surface area (Å²) in [5, 5.41) is 5.04. The highest BCUT2D eigenvalue weighted by atomic mass is 35.5. The van der Waals surface area contributed by atoms with Gasteiger partial charge in [-0.25, -0.2) is 0 Å². The molecule has 0 saturated carbocycles.